The van der Waals surface area contributed by atoms with Crippen molar-refractivity contribution in [3.8, 4) is 11.4 Å². The van der Waals surface area contributed by atoms with Gasteiger partial charge >= 0.3 is 6.01 Å². The molecular formula is C15H15N3O2. The first-order valence-electron chi connectivity index (χ1n) is 6.42. The number of nitrogens with one attached hydrogen (secondary N) is 1. The lowest BCUT2D eigenvalue weighted by Gasteiger charge is -1.99. The van der Waals surface area contributed by atoms with Gasteiger partial charge < -0.3 is 14.6 Å². The average Bonchev–Trinajstić information content (AvgIpc) is 2.96. The van der Waals surface area contributed by atoms with Gasteiger partial charge in [-0.25, -0.2) is 0 Å². The van der Waals surface area contributed by atoms with Crippen LogP contribution in [0.15, 0.2) is 47.0 Å². The van der Waals surface area contributed by atoms with E-state index in [-0.39, 0.29) is 0 Å². The van der Waals surface area contributed by atoms with E-state index in [0.717, 1.165) is 10.9 Å². The van der Waals surface area contributed by atoms with Gasteiger partial charge in [0.15, 0.2) is 0 Å². The predicted molar refractivity (Wildman–Crippen MR) is 77.6 cm³/mol. The normalized spacial score (nSPS) is 10.8. The van der Waals surface area contributed by atoms with Crippen LogP contribution in [0.3, 0.4) is 0 Å². The molecule has 1 aromatic heterocycles. The summed E-state index contributed by atoms with van der Waals surface area (Å²) in [6.07, 6.45) is 0. The summed E-state index contributed by atoms with van der Waals surface area (Å²) in [5, 5.41) is 9.34. The van der Waals surface area contributed by atoms with Crippen molar-refractivity contribution in [2.45, 2.75) is 0 Å². The van der Waals surface area contributed by atoms with Gasteiger partial charge in [0.2, 0.25) is 5.82 Å². The van der Waals surface area contributed by atoms with E-state index in [1.54, 1.807) is 7.11 Å². The molecule has 0 radical (unpaired) electrons. The summed E-state index contributed by atoms with van der Waals surface area (Å²) < 4.78 is 10.1. The minimum Gasteiger partial charge on any atom is -0.383 e. The first-order chi connectivity index (χ1) is 9.86. The average molecular weight is 269 g/mol. The largest absolute Gasteiger partial charge is 0.383 e. The Labute approximate surface area is 116 Å². The van der Waals surface area contributed by atoms with Gasteiger partial charge in [0.05, 0.1) is 6.61 Å². The first-order valence-corrected chi connectivity index (χ1v) is 6.42. The molecule has 0 bridgehead atoms. The lowest BCUT2D eigenvalue weighted by atomic mass is 10.1. The topological polar surface area (TPSA) is 60.2 Å². The fraction of sp³-hybridized carbons (Fsp3) is 0.200. The third-order valence-corrected chi connectivity index (χ3v) is 3.02. The maximum absolute atomic E-state index is 5.15. The van der Waals surface area contributed by atoms with Crippen LogP contribution < -0.4 is 5.32 Å². The minimum atomic E-state index is 0.408. The predicted octanol–water partition coefficient (Wildman–Crippen LogP) is 2.95. The van der Waals surface area contributed by atoms with E-state index < -0.39 is 0 Å². The van der Waals surface area contributed by atoms with E-state index in [1.165, 1.54) is 5.39 Å². The Morgan fingerprint density at radius 2 is 2.00 bits per heavy atom. The van der Waals surface area contributed by atoms with Crippen LogP contribution in [0.2, 0.25) is 0 Å². The van der Waals surface area contributed by atoms with Gasteiger partial charge in [0, 0.05) is 19.2 Å². The quantitative estimate of drug-likeness (QED) is 0.722. The second kappa shape index (κ2) is 5.71. The summed E-state index contributed by atoms with van der Waals surface area (Å²) in [4.78, 5) is 4.31. The monoisotopic (exact) mass is 269 g/mol. The number of hydrogen-bond acceptors (Lipinski definition) is 5. The molecule has 1 heterocycles. The molecule has 20 heavy (non-hydrogen) atoms. The Morgan fingerprint density at radius 1 is 1.15 bits per heavy atom. The van der Waals surface area contributed by atoms with Crippen molar-refractivity contribution in [3.05, 3.63) is 42.5 Å². The molecular weight excluding hydrogens is 254 g/mol. The van der Waals surface area contributed by atoms with Crippen molar-refractivity contribution >= 4 is 16.8 Å². The Bertz CT molecular complexity index is 709. The molecule has 0 unspecified atom stereocenters. The Morgan fingerprint density at radius 3 is 2.85 bits per heavy atom. The van der Waals surface area contributed by atoms with Crippen LogP contribution in [0.25, 0.3) is 22.2 Å². The molecule has 0 saturated carbocycles. The number of ether oxygens (including phenoxy) is 1. The molecule has 102 valence electrons. The van der Waals surface area contributed by atoms with E-state index in [2.05, 4.69) is 39.7 Å². The molecule has 3 aromatic rings. The molecule has 0 aliphatic rings. The number of aromatic nitrogens is 2. The van der Waals surface area contributed by atoms with Crippen molar-refractivity contribution in [3.63, 3.8) is 0 Å². The molecule has 0 saturated heterocycles. The zero-order valence-corrected chi connectivity index (χ0v) is 11.2. The summed E-state index contributed by atoms with van der Waals surface area (Å²) in [5.41, 5.74) is 0.937. The van der Waals surface area contributed by atoms with Gasteiger partial charge in [-0.2, -0.15) is 4.98 Å². The van der Waals surface area contributed by atoms with E-state index in [4.69, 9.17) is 9.26 Å². The Kier molecular flexibility index (Phi) is 3.60. The van der Waals surface area contributed by atoms with Crippen LogP contribution in [0, 0.1) is 0 Å². The van der Waals surface area contributed by atoms with Crippen LogP contribution in [-0.4, -0.2) is 30.4 Å². The van der Waals surface area contributed by atoms with Crippen molar-refractivity contribution in [2.75, 3.05) is 25.6 Å². The highest BCUT2D eigenvalue weighted by Crippen LogP contribution is 2.23. The Balaban J connectivity index is 1.83. The number of fused-ring (bicyclic) bond motifs is 1. The second-order valence-electron chi connectivity index (χ2n) is 4.40. The van der Waals surface area contributed by atoms with Gasteiger partial charge in [-0.3, -0.25) is 0 Å². The smallest absolute Gasteiger partial charge is 0.321 e. The van der Waals surface area contributed by atoms with E-state index in [0.29, 0.717) is 25.0 Å². The van der Waals surface area contributed by atoms with Crippen LogP contribution >= 0.6 is 0 Å². The number of benzene rings is 2. The third-order valence-electron chi connectivity index (χ3n) is 3.02. The first kappa shape index (κ1) is 12.6. The fourth-order valence-corrected chi connectivity index (χ4v) is 2.00. The van der Waals surface area contributed by atoms with Crippen LogP contribution in [0.1, 0.15) is 0 Å². The van der Waals surface area contributed by atoms with Crippen molar-refractivity contribution in [1.29, 1.82) is 0 Å². The fourth-order valence-electron chi connectivity index (χ4n) is 2.00. The highest BCUT2D eigenvalue weighted by Gasteiger charge is 2.08. The van der Waals surface area contributed by atoms with Crippen molar-refractivity contribution in [2.24, 2.45) is 0 Å². The van der Waals surface area contributed by atoms with Crippen LogP contribution in [0.5, 0.6) is 0 Å². The van der Waals surface area contributed by atoms with Gasteiger partial charge in [-0.1, -0.05) is 41.6 Å². The van der Waals surface area contributed by atoms with Crippen LogP contribution in [0.4, 0.5) is 6.01 Å². The summed E-state index contributed by atoms with van der Waals surface area (Å²) in [7, 11) is 1.65. The zero-order valence-electron chi connectivity index (χ0n) is 11.2. The SMILES string of the molecule is COCCNc1nc(-c2ccc3ccccc3c2)no1. The molecule has 0 fully saturated rings. The molecule has 0 aliphatic heterocycles. The summed E-state index contributed by atoms with van der Waals surface area (Å²) in [6, 6.07) is 14.7. The van der Waals surface area contributed by atoms with Gasteiger partial charge in [0.25, 0.3) is 0 Å². The van der Waals surface area contributed by atoms with E-state index >= 15 is 0 Å². The van der Waals surface area contributed by atoms with Gasteiger partial charge in [-0.15, -0.1) is 0 Å². The molecule has 2 aromatic carbocycles. The number of hydrogen-bond donors (Lipinski definition) is 1. The van der Waals surface area contributed by atoms with E-state index in [9.17, 15) is 0 Å². The molecule has 1 N–H and O–H groups in total. The number of rotatable bonds is 5. The van der Waals surface area contributed by atoms with Gasteiger partial charge in [0.1, 0.15) is 0 Å². The standard InChI is InChI=1S/C15H15N3O2/c1-19-9-8-16-15-17-14(18-20-15)13-7-6-11-4-2-3-5-12(11)10-13/h2-7,10H,8-9H2,1H3,(H,16,17,18). The van der Waals surface area contributed by atoms with Crippen molar-refractivity contribution < 1.29 is 9.26 Å². The molecule has 5 heteroatoms. The second-order valence-corrected chi connectivity index (χ2v) is 4.40. The highest BCUT2D eigenvalue weighted by atomic mass is 16.5. The molecule has 0 spiro atoms. The number of anilines is 1. The highest BCUT2D eigenvalue weighted by molar-refractivity contribution is 5.86. The molecule has 0 amide bonds. The molecule has 0 atom stereocenters. The summed E-state index contributed by atoms with van der Waals surface area (Å²) in [6.45, 7) is 1.23. The zero-order chi connectivity index (χ0) is 13.8. The number of nitrogens with zero attached hydrogens (tertiary/aromatic N) is 2. The van der Waals surface area contributed by atoms with E-state index in [1.807, 2.05) is 18.2 Å². The summed E-state index contributed by atoms with van der Waals surface area (Å²) in [5.74, 6) is 0.579. The van der Waals surface area contributed by atoms with Gasteiger partial charge in [-0.05, 0) is 16.8 Å². The number of methoxy groups -OCH3 is 1. The third kappa shape index (κ3) is 2.62. The minimum absolute atomic E-state index is 0.408. The lowest BCUT2D eigenvalue weighted by Crippen LogP contribution is -2.07. The Hall–Kier alpha value is -2.40. The lowest BCUT2D eigenvalue weighted by molar-refractivity contribution is 0.210. The molecule has 3 rings (SSSR count). The molecule has 5 nitrogen and oxygen atoms in total. The maximum atomic E-state index is 5.15. The molecule has 0 aliphatic carbocycles. The van der Waals surface area contributed by atoms with Crippen LogP contribution in [-0.2, 0) is 4.74 Å². The summed E-state index contributed by atoms with van der Waals surface area (Å²) >= 11 is 0. The van der Waals surface area contributed by atoms with Crippen molar-refractivity contribution in [1.82, 2.24) is 10.1 Å². The maximum Gasteiger partial charge on any atom is 0.321 e.